The Morgan fingerprint density at radius 1 is 1.12 bits per heavy atom. The maximum absolute atomic E-state index is 13.8. The third kappa shape index (κ3) is 7.30. The molecule has 0 spiro atoms. The number of carbonyl (C=O) groups is 1. The Balaban J connectivity index is 1.91. The van der Waals surface area contributed by atoms with Gasteiger partial charge in [-0.15, -0.1) is 0 Å². The number of halogens is 3. The van der Waals surface area contributed by atoms with E-state index in [2.05, 4.69) is 10.3 Å². The fourth-order valence-corrected chi connectivity index (χ4v) is 3.97. The molecule has 0 aliphatic rings. The predicted octanol–water partition coefficient (Wildman–Crippen LogP) is 5.46. The first-order valence-corrected chi connectivity index (χ1v) is 12.5. The van der Waals surface area contributed by atoms with Crippen LogP contribution in [0.5, 0.6) is 5.75 Å². The van der Waals surface area contributed by atoms with E-state index in [0.717, 1.165) is 11.6 Å². The number of nitrogens with zero attached hydrogens (tertiary/aromatic N) is 3. The molecule has 0 radical (unpaired) electrons. The first-order chi connectivity index (χ1) is 18.7. The fraction of sp³-hybridized carbons (Fsp3) is 0.310. The molecule has 2 aromatic carbocycles. The second-order valence-corrected chi connectivity index (χ2v) is 9.88. The summed E-state index contributed by atoms with van der Waals surface area (Å²) in [6.07, 6.45) is 0.00845. The van der Waals surface area contributed by atoms with E-state index in [9.17, 15) is 18.0 Å². The molecule has 0 fully saturated rings. The largest absolute Gasteiger partial charge is 0.495 e. The van der Waals surface area contributed by atoms with Gasteiger partial charge in [0.1, 0.15) is 5.75 Å². The maximum atomic E-state index is 13.8. The van der Waals surface area contributed by atoms with Crippen LogP contribution >= 0.6 is 0 Å². The Morgan fingerprint density at radius 3 is 2.45 bits per heavy atom. The summed E-state index contributed by atoms with van der Waals surface area (Å²) in [5.74, 6) is 6.21. The second-order valence-electron chi connectivity index (χ2n) is 9.88. The van der Waals surface area contributed by atoms with E-state index >= 15 is 0 Å². The Morgan fingerprint density at radius 2 is 1.82 bits per heavy atom. The van der Waals surface area contributed by atoms with Crippen molar-refractivity contribution < 1.29 is 22.7 Å². The van der Waals surface area contributed by atoms with Crippen LogP contribution in [0.15, 0.2) is 55.0 Å². The number of anilines is 2. The molecule has 1 aromatic heterocycles. The molecule has 5 N–H and O–H groups in total. The average Bonchev–Trinajstić information content (AvgIpc) is 2.89. The van der Waals surface area contributed by atoms with Crippen molar-refractivity contribution in [2.75, 3.05) is 24.5 Å². The predicted molar refractivity (Wildman–Crippen MR) is 152 cm³/mol. The quantitative estimate of drug-likeness (QED) is 0.237. The molecule has 0 saturated carbocycles. The fourth-order valence-electron chi connectivity index (χ4n) is 3.97. The molecule has 11 heteroatoms. The Labute approximate surface area is 232 Å². The van der Waals surface area contributed by atoms with E-state index in [1.54, 1.807) is 49.6 Å². The van der Waals surface area contributed by atoms with Crippen LogP contribution in [0, 0.1) is 13.8 Å². The first kappa shape index (κ1) is 30.5. The molecule has 40 heavy (non-hydrogen) atoms. The molecule has 3 rings (SSSR count). The van der Waals surface area contributed by atoms with Gasteiger partial charge in [-0.2, -0.15) is 13.2 Å². The van der Waals surface area contributed by atoms with Crippen molar-refractivity contribution in [3.05, 3.63) is 88.4 Å². The average molecular weight is 557 g/mol. The lowest BCUT2D eigenvalue weighted by Crippen LogP contribution is -2.27. The molecule has 0 aliphatic carbocycles. The summed E-state index contributed by atoms with van der Waals surface area (Å²) in [6.45, 7) is 7.46. The Hall–Kier alpha value is -4.09. The van der Waals surface area contributed by atoms with Gasteiger partial charge < -0.3 is 15.8 Å². The Kier molecular flexibility index (Phi) is 9.44. The van der Waals surface area contributed by atoms with Gasteiger partial charge >= 0.3 is 6.18 Å². The standard InChI is InChI=1S/C29H35F3N6O2/c1-17(2)37(5)15-22-9-23(12-25(19(22)4)29(30,31)32)36-28(39)20-8-7-18(3)27(11-20)38(34)16-26(33)21-10-24(40-6)14-35-13-21/h7-14,16-17H,15,33-34H2,1-6H3,(H,36,39)/b26-16-. The summed E-state index contributed by atoms with van der Waals surface area (Å²) in [6, 6.07) is 9.19. The van der Waals surface area contributed by atoms with E-state index in [1.165, 1.54) is 25.2 Å². The number of alkyl halides is 3. The molecular weight excluding hydrogens is 521 g/mol. The van der Waals surface area contributed by atoms with Crippen molar-refractivity contribution in [1.29, 1.82) is 0 Å². The lowest BCUT2D eigenvalue weighted by atomic mass is 9.99. The lowest BCUT2D eigenvalue weighted by molar-refractivity contribution is -0.138. The molecule has 3 aromatic rings. The zero-order valence-corrected chi connectivity index (χ0v) is 23.4. The van der Waals surface area contributed by atoms with Crippen LogP contribution in [0.1, 0.15) is 52.0 Å². The third-order valence-corrected chi connectivity index (χ3v) is 6.69. The minimum Gasteiger partial charge on any atom is -0.495 e. The van der Waals surface area contributed by atoms with E-state index < -0.39 is 17.6 Å². The lowest BCUT2D eigenvalue weighted by Gasteiger charge is -2.24. The summed E-state index contributed by atoms with van der Waals surface area (Å²) >= 11 is 0. The highest BCUT2D eigenvalue weighted by Crippen LogP contribution is 2.36. The van der Waals surface area contributed by atoms with Gasteiger partial charge in [0, 0.05) is 41.8 Å². The van der Waals surface area contributed by atoms with Gasteiger partial charge in [-0.1, -0.05) is 6.07 Å². The molecule has 0 atom stereocenters. The number of rotatable bonds is 9. The van der Waals surface area contributed by atoms with Gasteiger partial charge in [0.25, 0.3) is 5.91 Å². The number of aryl methyl sites for hydroxylation is 1. The molecule has 0 saturated heterocycles. The zero-order valence-electron chi connectivity index (χ0n) is 23.4. The summed E-state index contributed by atoms with van der Waals surface area (Å²) < 4.78 is 46.7. The van der Waals surface area contributed by atoms with Gasteiger partial charge in [-0.25, -0.2) is 5.84 Å². The highest BCUT2D eigenvalue weighted by molar-refractivity contribution is 6.05. The SMILES string of the molecule is COc1cncc(/C(N)=C/N(N)c2cc(C(=O)Nc3cc(CN(C)C(C)C)c(C)c(C(F)(F)F)c3)ccc2C)c1. The molecule has 1 heterocycles. The van der Waals surface area contributed by atoms with Gasteiger partial charge in [-0.3, -0.25) is 19.7 Å². The molecule has 0 bridgehead atoms. The smallest absolute Gasteiger partial charge is 0.416 e. The van der Waals surface area contributed by atoms with Gasteiger partial charge in [0.05, 0.1) is 30.3 Å². The first-order valence-electron chi connectivity index (χ1n) is 12.5. The van der Waals surface area contributed by atoms with Crippen molar-refractivity contribution in [2.45, 2.75) is 46.5 Å². The highest BCUT2D eigenvalue weighted by Gasteiger charge is 2.34. The van der Waals surface area contributed by atoms with Crippen LogP contribution in [0.25, 0.3) is 5.70 Å². The van der Waals surface area contributed by atoms with Gasteiger partial charge in [0.2, 0.25) is 0 Å². The number of nitrogens with two attached hydrogens (primary N) is 2. The van der Waals surface area contributed by atoms with Crippen molar-refractivity contribution in [3.8, 4) is 5.75 Å². The number of nitrogens with one attached hydrogen (secondary N) is 1. The second kappa shape index (κ2) is 12.4. The Bertz CT molecular complexity index is 1410. The molecule has 1 amide bonds. The third-order valence-electron chi connectivity index (χ3n) is 6.69. The van der Waals surface area contributed by atoms with Gasteiger partial charge in [0.15, 0.2) is 0 Å². The van der Waals surface area contributed by atoms with Crippen molar-refractivity contribution in [2.24, 2.45) is 11.6 Å². The van der Waals surface area contributed by atoms with Crippen LogP contribution in [-0.2, 0) is 12.7 Å². The molecule has 8 nitrogen and oxygen atoms in total. The summed E-state index contributed by atoms with van der Waals surface area (Å²) in [5, 5.41) is 3.90. The van der Waals surface area contributed by atoms with Crippen LogP contribution in [-0.4, -0.2) is 36.0 Å². The number of carbonyl (C=O) groups excluding carboxylic acids is 1. The van der Waals surface area contributed by atoms with Crippen LogP contribution in [0.2, 0.25) is 0 Å². The molecular formula is C29H35F3N6O2. The van der Waals surface area contributed by atoms with Gasteiger partial charge in [-0.05, 0) is 81.8 Å². The zero-order chi connectivity index (χ0) is 29.8. The number of benzene rings is 2. The minimum atomic E-state index is -4.57. The number of hydrogen-bond donors (Lipinski definition) is 3. The van der Waals surface area contributed by atoms with E-state index in [-0.39, 0.29) is 22.9 Å². The molecule has 0 aliphatic heterocycles. The van der Waals surface area contributed by atoms with Crippen LogP contribution in [0.3, 0.4) is 0 Å². The van der Waals surface area contributed by atoms with Crippen molar-refractivity contribution in [3.63, 3.8) is 0 Å². The number of hydrogen-bond acceptors (Lipinski definition) is 7. The highest BCUT2D eigenvalue weighted by atomic mass is 19.4. The number of amides is 1. The summed E-state index contributed by atoms with van der Waals surface area (Å²) in [5.41, 5.74) is 8.40. The monoisotopic (exact) mass is 556 g/mol. The number of ether oxygens (including phenoxy) is 1. The number of hydrazine groups is 1. The van der Waals surface area contributed by atoms with Crippen molar-refractivity contribution in [1.82, 2.24) is 9.88 Å². The molecule has 214 valence electrons. The van der Waals surface area contributed by atoms with Crippen LogP contribution in [0.4, 0.5) is 24.5 Å². The number of aromatic nitrogens is 1. The van der Waals surface area contributed by atoms with E-state index in [4.69, 9.17) is 16.3 Å². The van der Waals surface area contributed by atoms with Crippen molar-refractivity contribution >= 4 is 23.0 Å². The number of pyridine rings is 1. The number of methoxy groups -OCH3 is 1. The normalized spacial score (nSPS) is 12.2. The van der Waals surface area contributed by atoms with E-state index in [1.807, 2.05) is 25.8 Å². The maximum Gasteiger partial charge on any atom is 0.416 e. The molecule has 0 unspecified atom stereocenters. The van der Waals surface area contributed by atoms with Crippen LogP contribution < -0.4 is 26.6 Å². The van der Waals surface area contributed by atoms with E-state index in [0.29, 0.717) is 34.8 Å². The summed E-state index contributed by atoms with van der Waals surface area (Å²) in [4.78, 5) is 19.2. The summed E-state index contributed by atoms with van der Waals surface area (Å²) in [7, 11) is 3.35. The topological polar surface area (TPSA) is 110 Å². The minimum absolute atomic E-state index is 0.0523.